The summed E-state index contributed by atoms with van der Waals surface area (Å²) in [7, 11) is 0. The van der Waals surface area contributed by atoms with Crippen molar-refractivity contribution in [3.63, 3.8) is 0 Å². The summed E-state index contributed by atoms with van der Waals surface area (Å²) < 4.78 is 0. The van der Waals surface area contributed by atoms with Gasteiger partial charge in [0.25, 0.3) is 5.91 Å². The first-order valence-electron chi connectivity index (χ1n) is 6.02. The number of carbonyl (C=O) groups is 1. The summed E-state index contributed by atoms with van der Waals surface area (Å²) in [6, 6.07) is 5.50. The van der Waals surface area contributed by atoms with Crippen LogP contribution in [0, 0.1) is 0 Å². The number of aromatic nitrogens is 1. The summed E-state index contributed by atoms with van der Waals surface area (Å²) in [5.74, 6) is 0.778. The van der Waals surface area contributed by atoms with Crippen molar-refractivity contribution >= 4 is 11.7 Å². The Bertz CT molecular complexity index is 388. The molecule has 92 valence electrons. The van der Waals surface area contributed by atoms with Gasteiger partial charge in [0.05, 0.1) is 0 Å². The van der Waals surface area contributed by atoms with Gasteiger partial charge in [0, 0.05) is 32.7 Å². The lowest BCUT2D eigenvalue weighted by Crippen LogP contribution is -2.46. The van der Waals surface area contributed by atoms with Crippen molar-refractivity contribution in [1.29, 1.82) is 0 Å². The molecule has 1 aliphatic heterocycles. The SMILES string of the molecule is CCNc1cccc(C(=O)N2CCNCC2)n1. The molecule has 5 heteroatoms. The molecule has 0 aromatic carbocycles. The zero-order chi connectivity index (χ0) is 12.1. The number of carbonyl (C=O) groups excluding carboxylic acids is 1. The van der Waals surface area contributed by atoms with Crippen LogP contribution in [-0.4, -0.2) is 48.5 Å². The molecule has 2 heterocycles. The van der Waals surface area contributed by atoms with Gasteiger partial charge >= 0.3 is 0 Å². The maximum atomic E-state index is 12.2. The Kier molecular flexibility index (Phi) is 3.93. The first-order chi connectivity index (χ1) is 8.31. The fourth-order valence-electron chi connectivity index (χ4n) is 1.86. The topological polar surface area (TPSA) is 57.3 Å². The van der Waals surface area contributed by atoms with Gasteiger partial charge in [0.2, 0.25) is 0 Å². The molecule has 1 aromatic rings. The Balaban J connectivity index is 2.09. The van der Waals surface area contributed by atoms with Gasteiger partial charge in [0.15, 0.2) is 0 Å². The Hall–Kier alpha value is -1.62. The van der Waals surface area contributed by atoms with Crippen LogP contribution in [0.4, 0.5) is 5.82 Å². The quantitative estimate of drug-likeness (QED) is 0.802. The van der Waals surface area contributed by atoms with E-state index in [1.807, 2.05) is 24.0 Å². The standard InChI is InChI=1S/C12H18N4O/c1-2-14-11-5-3-4-10(15-11)12(17)16-8-6-13-7-9-16/h3-5,13H,2,6-9H2,1H3,(H,14,15). The number of nitrogens with one attached hydrogen (secondary N) is 2. The van der Waals surface area contributed by atoms with Gasteiger partial charge in [-0.1, -0.05) is 6.07 Å². The lowest BCUT2D eigenvalue weighted by Gasteiger charge is -2.27. The van der Waals surface area contributed by atoms with Gasteiger partial charge in [-0.15, -0.1) is 0 Å². The van der Waals surface area contributed by atoms with E-state index < -0.39 is 0 Å². The third kappa shape index (κ3) is 2.94. The first kappa shape index (κ1) is 11.9. The number of rotatable bonds is 3. The summed E-state index contributed by atoms with van der Waals surface area (Å²) in [6.07, 6.45) is 0. The van der Waals surface area contributed by atoms with Gasteiger partial charge in [-0.05, 0) is 19.1 Å². The van der Waals surface area contributed by atoms with Gasteiger partial charge in [-0.25, -0.2) is 4.98 Å². The Morgan fingerprint density at radius 1 is 1.47 bits per heavy atom. The Morgan fingerprint density at radius 3 is 2.94 bits per heavy atom. The van der Waals surface area contributed by atoms with E-state index in [1.165, 1.54) is 0 Å². The zero-order valence-electron chi connectivity index (χ0n) is 10.1. The Labute approximate surface area is 101 Å². The molecule has 17 heavy (non-hydrogen) atoms. The van der Waals surface area contributed by atoms with E-state index in [0.717, 1.165) is 38.5 Å². The van der Waals surface area contributed by atoms with Crippen LogP contribution < -0.4 is 10.6 Å². The van der Waals surface area contributed by atoms with Crippen LogP contribution in [0.1, 0.15) is 17.4 Å². The molecule has 0 atom stereocenters. The second-order valence-electron chi connectivity index (χ2n) is 3.98. The smallest absolute Gasteiger partial charge is 0.272 e. The summed E-state index contributed by atoms with van der Waals surface area (Å²) >= 11 is 0. The first-order valence-corrected chi connectivity index (χ1v) is 6.02. The van der Waals surface area contributed by atoms with Crippen molar-refractivity contribution in [3.8, 4) is 0 Å². The van der Waals surface area contributed by atoms with Crippen molar-refractivity contribution in [3.05, 3.63) is 23.9 Å². The fourth-order valence-corrected chi connectivity index (χ4v) is 1.86. The van der Waals surface area contributed by atoms with Crippen LogP contribution >= 0.6 is 0 Å². The number of hydrogen-bond acceptors (Lipinski definition) is 4. The molecule has 1 amide bonds. The summed E-state index contributed by atoms with van der Waals surface area (Å²) in [6.45, 7) is 6.04. The zero-order valence-corrected chi connectivity index (χ0v) is 10.1. The molecular weight excluding hydrogens is 216 g/mol. The van der Waals surface area contributed by atoms with E-state index in [0.29, 0.717) is 5.69 Å². The van der Waals surface area contributed by atoms with E-state index in [-0.39, 0.29) is 5.91 Å². The van der Waals surface area contributed by atoms with Crippen LogP contribution in [0.2, 0.25) is 0 Å². The normalized spacial score (nSPS) is 15.7. The predicted octanol–water partition coefficient (Wildman–Crippen LogP) is 0.559. The number of piperazine rings is 1. The molecule has 1 aliphatic rings. The molecule has 2 N–H and O–H groups in total. The van der Waals surface area contributed by atoms with Gasteiger partial charge in [-0.2, -0.15) is 0 Å². The molecule has 2 rings (SSSR count). The summed E-state index contributed by atoms with van der Waals surface area (Å²) in [5, 5.41) is 6.34. The molecule has 0 radical (unpaired) electrons. The molecule has 0 spiro atoms. The van der Waals surface area contributed by atoms with E-state index in [4.69, 9.17) is 0 Å². The number of pyridine rings is 1. The molecule has 0 saturated carbocycles. The number of amides is 1. The number of nitrogens with zero attached hydrogens (tertiary/aromatic N) is 2. The maximum absolute atomic E-state index is 12.2. The van der Waals surface area contributed by atoms with Gasteiger partial charge in [-0.3, -0.25) is 4.79 Å². The van der Waals surface area contributed by atoms with Crippen LogP contribution in [0.25, 0.3) is 0 Å². The molecule has 1 saturated heterocycles. The average molecular weight is 234 g/mol. The Morgan fingerprint density at radius 2 is 2.24 bits per heavy atom. The van der Waals surface area contributed by atoms with E-state index >= 15 is 0 Å². The minimum Gasteiger partial charge on any atom is -0.370 e. The van der Waals surface area contributed by atoms with Gasteiger partial charge in [0.1, 0.15) is 11.5 Å². The van der Waals surface area contributed by atoms with Crippen molar-refractivity contribution in [1.82, 2.24) is 15.2 Å². The average Bonchev–Trinajstić information content (AvgIpc) is 2.40. The largest absolute Gasteiger partial charge is 0.370 e. The highest BCUT2D eigenvalue weighted by atomic mass is 16.2. The van der Waals surface area contributed by atoms with Gasteiger partial charge < -0.3 is 15.5 Å². The van der Waals surface area contributed by atoms with Crippen molar-refractivity contribution in [2.45, 2.75) is 6.92 Å². The number of anilines is 1. The monoisotopic (exact) mass is 234 g/mol. The molecule has 1 aromatic heterocycles. The summed E-state index contributed by atoms with van der Waals surface area (Å²) in [4.78, 5) is 18.3. The fraction of sp³-hybridized carbons (Fsp3) is 0.500. The molecule has 0 aliphatic carbocycles. The van der Waals surface area contributed by atoms with Crippen molar-refractivity contribution in [2.75, 3.05) is 38.0 Å². The van der Waals surface area contributed by atoms with Crippen molar-refractivity contribution < 1.29 is 4.79 Å². The second-order valence-corrected chi connectivity index (χ2v) is 3.98. The molecule has 1 fully saturated rings. The van der Waals surface area contributed by atoms with Crippen LogP contribution in [0.5, 0.6) is 0 Å². The minimum absolute atomic E-state index is 0.0197. The van der Waals surface area contributed by atoms with Crippen LogP contribution in [0.15, 0.2) is 18.2 Å². The lowest BCUT2D eigenvalue weighted by molar-refractivity contribution is 0.0730. The maximum Gasteiger partial charge on any atom is 0.272 e. The summed E-state index contributed by atoms with van der Waals surface area (Å²) in [5.41, 5.74) is 0.519. The molecule has 0 unspecified atom stereocenters. The highest BCUT2D eigenvalue weighted by molar-refractivity contribution is 5.92. The third-order valence-electron chi connectivity index (χ3n) is 2.73. The molecule has 0 bridgehead atoms. The highest BCUT2D eigenvalue weighted by Crippen LogP contribution is 2.08. The number of hydrogen-bond donors (Lipinski definition) is 2. The molecule has 5 nitrogen and oxygen atoms in total. The predicted molar refractivity (Wildman–Crippen MR) is 67.2 cm³/mol. The second kappa shape index (κ2) is 5.63. The minimum atomic E-state index is 0.0197. The van der Waals surface area contributed by atoms with Crippen LogP contribution in [0.3, 0.4) is 0 Å². The van der Waals surface area contributed by atoms with E-state index in [1.54, 1.807) is 6.07 Å². The lowest BCUT2D eigenvalue weighted by atomic mass is 10.2. The highest BCUT2D eigenvalue weighted by Gasteiger charge is 2.18. The third-order valence-corrected chi connectivity index (χ3v) is 2.73. The molecular formula is C12H18N4O. The van der Waals surface area contributed by atoms with Crippen LogP contribution in [-0.2, 0) is 0 Å². The van der Waals surface area contributed by atoms with Crippen molar-refractivity contribution in [2.24, 2.45) is 0 Å². The van der Waals surface area contributed by atoms with E-state index in [2.05, 4.69) is 15.6 Å². The van der Waals surface area contributed by atoms with E-state index in [9.17, 15) is 4.79 Å².